The number of hydrogen-bond acceptors (Lipinski definition) is 5. The van der Waals surface area contributed by atoms with Gasteiger partial charge in [0.15, 0.2) is 0 Å². The molecule has 3 aromatic heterocycles. The average Bonchev–Trinajstić information content (AvgIpc) is 3.44. The molecule has 0 spiro atoms. The average molecular weight is 461 g/mol. The van der Waals surface area contributed by atoms with E-state index >= 15 is 0 Å². The van der Waals surface area contributed by atoms with Crippen LogP contribution >= 0.6 is 11.3 Å². The van der Waals surface area contributed by atoms with Crippen molar-refractivity contribution in [1.29, 1.82) is 0 Å². The van der Waals surface area contributed by atoms with E-state index in [0.717, 1.165) is 52.9 Å². The van der Waals surface area contributed by atoms with E-state index in [0.29, 0.717) is 29.1 Å². The highest BCUT2D eigenvalue weighted by Gasteiger charge is 2.21. The Morgan fingerprint density at radius 2 is 2.21 bits per heavy atom. The number of rotatable bonds is 7. The first-order valence-corrected chi connectivity index (χ1v) is 12.4. The van der Waals surface area contributed by atoms with Crippen LogP contribution in [0.25, 0.3) is 20.3 Å². The first kappa shape index (κ1) is 21.7. The summed E-state index contributed by atoms with van der Waals surface area (Å²) in [5, 5.41) is 12.1. The topological polar surface area (TPSA) is 68.3 Å². The van der Waals surface area contributed by atoms with E-state index in [1.54, 1.807) is 10.8 Å². The van der Waals surface area contributed by atoms with E-state index in [1.165, 1.54) is 16.9 Å². The summed E-state index contributed by atoms with van der Waals surface area (Å²) in [7, 11) is 0. The van der Waals surface area contributed by atoms with Crippen molar-refractivity contribution in [2.75, 3.05) is 0 Å². The fourth-order valence-electron chi connectivity index (χ4n) is 4.53. The number of benzene rings is 1. The molecule has 0 saturated carbocycles. The Morgan fingerprint density at radius 1 is 1.33 bits per heavy atom. The summed E-state index contributed by atoms with van der Waals surface area (Å²) < 4.78 is 8.04. The van der Waals surface area contributed by atoms with E-state index in [4.69, 9.17) is 9.40 Å². The molecule has 1 unspecified atom stereocenters. The highest BCUT2D eigenvalue weighted by atomic mass is 32.1. The first-order valence-electron chi connectivity index (χ1n) is 11.6. The van der Waals surface area contributed by atoms with Gasteiger partial charge in [0.2, 0.25) is 0 Å². The van der Waals surface area contributed by atoms with Gasteiger partial charge in [0.05, 0.1) is 22.9 Å². The molecule has 0 bridgehead atoms. The predicted octanol–water partition coefficient (Wildman–Crippen LogP) is 6.37. The van der Waals surface area contributed by atoms with E-state index < -0.39 is 0 Å². The lowest BCUT2D eigenvalue weighted by atomic mass is 9.91. The molecular formula is C27H28N2O3S. The van der Waals surface area contributed by atoms with Crippen LogP contribution in [0, 0.1) is 5.92 Å². The van der Waals surface area contributed by atoms with Crippen LogP contribution in [0.2, 0.25) is 0 Å². The minimum Gasteiger partial charge on any atom is -0.506 e. The van der Waals surface area contributed by atoms with Gasteiger partial charge in [0.1, 0.15) is 22.2 Å². The number of fused-ring (bicyclic) bond motifs is 3. The maximum Gasteiger partial charge on any atom is 0.263 e. The molecule has 0 saturated heterocycles. The van der Waals surface area contributed by atoms with Crippen molar-refractivity contribution in [3.05, 3.63) is 81.8 Å². The summed E-state index contributed by atoms with van der Waals surface area (Å²) in [5.41, 5.74) is 2.24. The molecule has 0 radical (unpaired) electrons. The Kier molecular flexibility index (Phi) is 5.94. The number of aromatic nitrogens is 2. The standard InChI is InChI=1S/C27H28N2O3S/c1-3-4-9-18-13-21-24-26(33-25(21)22(30)14-18)28-23(15-19-10-6-5-8-17(19)2)29(27(24)31)16-20-11-7-12-32-20/h5-7,10-14,17,30H,3-4,8-9,15-16H2,1-2H3. The molecule has 5 rings (SSSR count). The molecule has 170 valence electrons. The van der Waals surface area contributed by atoms with Gasteiger partial charge in [-0.2, -0.15) is 0 Å². The van der Waals surface area contributed by atoms with Gasteiger partial charge in [-0.05, 0) is 55.0 Å². The van der Waals surface area contributed by atoms with Crippen molar-refractivity contribution < 1.29 is 9.52 Å². The van der Waals surface area contributed by atoms with Crippen LogP contribution < -0.4 is 5.56 Å². The highest BCUT2D eigenvalue weighted by Crippen LogP contribution is 2.38. The number of unbranched alkanes of at least 4 members (excludes halogenated alkanes) is 1. The van der Waals surface area contributed by atoms with Gasteiger partial charge in [0.25, 0.3) is 5.56 Å². The van der Waals surface area contributed by atoms with Crippen LogP contribution in [0.15, 0.2) is 63.5 Å². The van der Waals surface area contributed by atoms with E-state index in [-0.39, 0.29) is 11.3 Å². The van der Waals surface area contributed by atoms with E-state index in [9.17, 15) is 9.90 Å². The SMILES string of the molecule is CCCCc1cc(O)c2sc3nc(CC4=CC=CCC4C)n(Cc4ccco4)c(=O)c3c2c1. The quantitative estimate of drug-likeness (QED) is 0.348. The van der Waals surface area contributed by atoms with Gasteiger partial charge in [-0.25, -0.2) is 4.98 Å². The maximum absolute atomic E-state index is 13.9. The lowest BCUT2D eigenvalue weighted by Crippen LogP contribution is -2.26. The Hall–Kier alpha value is -3.12. The molecule has 5 nitrogen and oxygen atoms in total. The van der Waals surface area contributed by atoms with Crippen LogP contribution in [0.1, 0.15) is 50.3 Å². The van der Waals surface area contributed by atoms with Crippen LogP contribution in [0.3, 0.4) is 0 Å². The predicted molar refractivity (Wildman–Crippen MR) is 134 cm³/mol. The molecular weight excluding hydrogens is 432 g/mol. The van der Waals surface area contributed by atoms with Gasteiger partial charge >= 0.3 is 0 Å². The largest absolute Gasteiger partial charge is 0.506 e. The molecule has 0 aliphatic heterocycles. The maximum atomic E-state index is 13.9. The zero-order chi connectivity index (χ0) is 22.9. The monoisotopic (exact) mass is 460 g/mol. The van der Waals surface area contributed by atoms with Gasteiger partial charge < -0.3 is 9.52 Å². The number of phenolic OH excluding ortho intramolecular Hbond substituents is 1. The van der Waals surface area contributed by atoms with E-state index in [1.807, 2.05) is 18.2 Å². The third-order valence-corrected chi connectivity index (χ3v) is 7.58. The number of thiophene rings is 1. The molecule has 3 heterocycles. The van der Waals surface area contributed by atoms with Crippen molar-refractivity contribution in [2.45, 2.75) is 52.5 Å². The number of allylic oxidation sites excluding steroid dienone is 4. The van der Waals surface area contributed by atoms with Gasteiger partial charge in [-0.1, -0.05) is 44.1 Å². The smallest absolute Gasteiger partial charge is 0.263 e. The Labute approximate surface area is 196 Å². The summed E-state index contributed by atoms with van der Waals surface area (Å²) in [6.45, 7) is 4.69. The summed E-state index contributed by atoms with van der Waals surface area (Å²) in [6, 6.07) is 7.60. The zero-order valence-electron chi connectivity index (χ0n) is 19.0. The second kappa shape index (κ2) is 9.02. The summed E-state index contributed by atoms with van der Waals surface area (Å²) in [6.07, 6.45) is 12.6. The molecule has 1 aromatic carbocycles. The molecule has 1 N–H and O–H groups in total. The first-order chi connectivity index (χ1) is 16.0. The number of nitrogens with zero attached hydrogens (tertiary/aromatic N) is 2. The Bertz CT molecular complexity index is 1420. The van der Waals surface area contributed by atoms with Crippen molar-refractivity contribution in [2.24, 2.45) is 5.92 Å². The Balaban J connectivity index is 1.71. The number of phenols is 1. The van der Waals surface area contributed by atoms with Gasteiger partial charge in [-0.3, -0.25) is 9.36 Å². The van der Waals surface area contributed by atoms with Crippen LogP contribution in [0.4, 0.5) is 0 Å². The highest BCUT2D eigenvalue weighted by molar-refractivity contribution is 7.25. The van der Waals surface area contributed by atoms with E-state index in [2.05, 4.69) is 38.1 Å². The molecule has 33 heavy (non-hydrogen) atoms. The Morgan fingerprint density at radius 3 is 2.97 bits per heavy atom. The fourth-order valence-corrected chi connectivity index (χ4v) is 5.61. The third-order valence-electron chi connectivity index (χ3n) is 6.46. The zero-order valence-corrected chi connectivity index (χ0v) is 19.8. The third kappa shape index (κ3) is 4.15. The number of aromatic hydroxyl groups is 1. The molecule has 6 heteroatoms. The minimum atomic E-state index is -0.0794. The second-order valence-corrected chi connectivity index (χ2v) is 9.86. The second-order valence-electron chi connectivity index (χ2n) is 8.86. The van der Waals surface area contributed by atoms with Crippen molar-refractivity contribution in [1.82, 2.24) is 9.55 Å². The lowest BCUT2D eigenvalue weighted by molar-refractivity contribution is 0.481. The van der Waals surface area contributed by atoms with Gasteiger partial charge in [0, 0.05) is 11.8 Å². The molecule has 1 aliphatic carbocycles. The van der Waals surface area contributed by atoms with Crippen LogP contribution in [0.5, 0.6) is 5.75 Å². The van der Waals surface area contributed by atoms with Crippen molar-refractivity contribution >= 4 is 31.6 Å². The lowest BCUT2D eigenvalue weighted by Gasteiger charge is -2.19. The molecule has 0 fully saturated rings. The van der Waals surface area contributed by atoms with Crippen molar-refractivity contribution in [3.8, 4) is 5.75 Å². The van der Waals surface area contributed by atoms with Gasteiger partial charge in [-0.15, -0.1) is 11.3 Å². The number of furan rings is 1. The summed E-state index contributed by atoms with van der Waals surface area (Å²) in [4.78, 5) is 19.5. The molecule has 0 amide bonds. The van der Waals surface area contributed by atoms with Crippen LogP contribution in [-0.2, 0) is 19.4 Å². The summed E-state index contributed by atoms with van der Waals surface area (Å²) in [5.74, 6) is 2.09. The van der Waals surface area contributed by atoms with Crippen LogP contribution in [-0.4, -0.2) is 14.7 Å². The molecule has 1 atom stereocenters. The molecule has 4 aromatic rings. The fraction of sp³-hybridized carbons (Fsp3) is 0.333. The summed E-state index contributed by atoms with van der Waals surface area (Å²) >= 11 is 1.40. The minimum absolute atomic E-state index is 0.0794. The number of aryl methyl sites for hydroxylation is 1. The van der Waals surface area contributed by atoms with Crippen molar-refractivity contribution in [3.63, 3.8) is 0 Å². The molecule has 1 aliphatic rings. The number of hydrogen-bond donors (Lipinski definition) is 1. The normalized spacial score (nSPS) is 16.1.